The fraction of sp³-hybridized carbons (Fsp3) is 0.296. The van der Waals surface area contributed by atoms with E-state index in [2.05, 4.69) is 15.6 Å². The molecular formula is C27H28F6N4O3S. The molecule has 3 atom stereocenters. The van der Waals surface area contributed by atoms with Crippen molar-refractivity contribution in [2.75, 3.05) is 25.1 Å². The highest BCUT2D eigenvalue weighted by Crippen LogP contribution is 3.02. The molecular weight excluding hydrogens is 574 g/mol. The van der Waals surface area contributed by atoms with Gasteiger partial charge in [0, 0.05) is 43.8 Å². The van der Waals surface area contributed by atoms with Gasteiger partial charge < -0.3 is 15.4 Å². The van der Waals surface area contributed by atoms with Crippen LogP contribution in [0.1, 0.15) is 23.6 Å². The van der Waals surface area contributed by atoms with Gasteiger partial charge in [0.1, 0.15) is 16.8 Å². The van der Waals surface area contributed by atoms with E-state index in [1.807, 2.05) is 0 Å². The molecule has 0 aliphatic carbocycles. The fourth-order valence-electron chi connectivity index (χ4n) is 4.58. The second-order valence-corrected chi connectivity index (χ2v) is 12.0. The van der Waals surface area contributed by atoms with Gasteiger partial charge >= 0.3 is 10.2 Å². The lowest BCUT2D eigenvalue weighted by Gasteiger charge is -2.41. The molecule has 1 aromatic heterocycles. The molecule has 4 rings (SSSR count). The van der Waals surface area contributed by atoms with Crippen LogP contribution in [0.3, 0.4) is 0 Å². The molecule has 0 saturated carbocycles. The molecule has 1 fully saturated rings. The maximum Gasteiger partial charge on any atom is 0.310 e. The molecule has 2 aromatic carbocycles. The highest BCUT2D eigenvalue weighted by atomic mass is 32.5. The highest BCUT2D eigenvalue weighted by Gasteiger charge is 2.65. The molecule has 1 unspecified atom stereocenters. The number of methoxy groups -OCH3 is 1. The van der Waals surface area contributed by atoms with Crippen molar-refractivity contribution in [1.82, 2.24) is 15.6 Å². The van der Waals surface area contributed by atoms with E-state index in [0.717, 1.165) is 17.0 Å². The van der Waals surface area contributed by atoms with Crippen LogP contribution in [0.15, 0.2) is 78.0 Å². The number of nitrogens with zero attached hydrogens (tertiary/aromatic N) is 2. The Bertz CT molecular complexity index is 1400. The number of carbonyl (C=O) groups is 2. The number of amides is 2. The molecule has 0 spiro atoms. The maximum atomic E-state index is 13.9. The third-order valence-electron chi connectivity index (χ3n) is 6.63. The largest absolute Gasteiger partial charge is 0.380 e. The number of aromatic nitrogens is 1. The number of halogens is 6. The fourth-order valence-corrected chi connectivity index (χ4v) is 5.23. The van der Waals surface area contributed by atoms with Gasteiger partial charge in [0.15, 0.2) is 0 Å². The Balaban J connectivity index is 1.71. The van der Waals surface area contributed by atoms with Crippen molar-refractivity contribution < 1.29 is 38.1 Å². The van der Waals surface area contributed by atoms with E-state index in [-0.39, 0.29) is 48.9 Å². The van der Waals surface area contributed by atoms with Gasteiger partial charge in [-0.15, -0.1) is 0 Å². The molecule has 0 radical (unpaired) electrons. The Kier molecular flexibility index (Phi) is 8.13. The first kappa shape index (κ1) is 30.3. The lowest BCUT2D eigenvalue weighted by molar-refractivity contribution is -0.127. The minimum atomic E-state index is -9.99. The summed E-state index contributed by atoms with van der Waals surface area (Å²) < 4.78 is 86.0. The molecule has 7 nitrogen and oxygen atoms in total. The van der Waals surface area contributed by atoms with Gasteiger partial charge in [-0.3, -0.25) is 19.5 Å². The molecule has 14 heteroatoms. The Labute approximate surface area is 232 Å². The van der Waals surface area contributed by atoms with E-state index in [1.165, 1.54) is 49.8 Å². The number of ether oxygens (including phenoxy) is 1. The first-order valence-corrected chi connectivity index (χ1v) is 14.5. The van der Waals surface area contributed by atoms with Gasteiger partial charge in [0.25, 0.3) is 0 Å². The zero-order chi connectivity index (χ0) is 29.9. The summed E-state index contributed by atoms with van der Waals surface area (Å²) in [5.41, 5.74) is 0.614. The maximum absolute atomic E-state index is 13.9. The lowest BCUT2D eigenvalue weighted by atomic mass is 10.0. The molecule has 1 aliphatic rings. The quantitative estimate of drug-likeness (QED) is 0.292. The smallest absolute Gasteiger partial charge is 0.310 e. The van der Waals surface area contributed by atoms with Crippen molar-refractivity contribution in [2.45, 2.75) is 35.9 Å². The molecule has 41 heavy (non-hydrogen) atoms. The number of pyridine rings is 1. The van der Waals surface area contributed by atoms with E-state index < -0.39 is 44.8 Å². The van der Waals surface area contributed by atoms with Crippen molar-refractivity contribution in [3.63, 3.8) is 0 Å². The Morgan fingerprint density at radius 3 is 2.41 bits per heavy atom. The Hall–Kier alpha value is -3.62. The first-order chi connectivity index (χ1) is 19.2. The van der Waals surface area contributed by atoms with Crippen LogP contribution in [0.5, 0.6) is 0 Å². The summed E-state index contributed by atoms with van der Waals surface area (Å²) in [4.78, 5) is 30.4. The number of hydrogen-bond acceptors (Lipinski definition) is 5. The van der Waals surface area contributed by atoms with Crippen LogP contribution in [0.25, 0.3) is 0 Å². The standard InChI is InChI=1S/C27H28F6N4O3S/c1-40-22-15-24(36-17-22)27(39)37(21-7-9-23(10-8-21)41(29,30,31,32)33)25(19-5-3-12-34-16-19)26(38)35-13-11-18-4-2-6-20(28)14-18/h2-10,12,14,16,22,24-25,36H,11,13,15,17H2,1H3,(H,35,38)/t22-,24-,25?/m1/s1. The van der Waals surface area contributed by atoms with Gasteiger partial charge in [0.2, 0.25) is 11.8 Å². The van der Waals surface area contributed by atoms with Gasteiger partial charge in [-0.2, -0.15) is 0 Å². The molecule has 1 aliphatic heterocycles. The van der Waals surface area contributed by atoms with Gasteiger partial charge in [-0.25, -0.2) is 4.39 Å². The number of nitrogens with one attached hydrogen (secondary N) is 2. The van der Waals surface area contributed by atoms with Crippen LogP contribution in [0, 0.1) is 5.82 Å². The zero-order valence-corrected chi connectivity index (χ0v) is 22.6. The van der Waals surface area contributed by atoms with Crippen LogP contribution in [-0.2, 0) is 20.7 Å². The Morgan fingerprint density at radius 1 is 1.10 bits per heavy atom. The second kappa shape index (κ2) is 11.0. The normalized spacial score (nSPS) is 19.6. The van der Waals surface area contributed by atoms with E-state index in [1.54, 1.807) is 6.07 Å². The third kappa shape index (κ3) is 7.57. The Morgan fingerprint density at radius 2 is 1.83 bits per heavy atom. The zero-order valence-electron chi connectivity index (χ0n) is 21.8. The minimum Gasteiger partial charge on any atom is -0.380 e. The molecule has 1 saturated heterocycles. The average Bonchev–Trinajstić information content (AvgIpc) is 3.40. The lowest BCUT2D eigenvalue weighted by Crippen LogP contribution is -2.50. The number of benzene rings is 2. The van der Waals surface area contributed by atoms with Crippen LogP contribution in [0.2, 0.25) is 0 Å². The SMILES string of the molecule is CO[C@H]1CN[C@@H](C(=O)N(c2ccc(S(F)(F)(F)(F)F)cc2)C(C(=O)NCCc2cccc(F)c2)c2cccnc2)C1. The molecule has 2 heterocycles. The van der Waals surface area contributed by atoms with Crippen molar-refractivity contribution >= 4 is 27.7 Å². The van der Waals surface area contributed by atoms with Gasteiger partial charge in [-0.1, -0.05) is 37.6 Å². The van der Waals surface area contributed by atoms with E-state index in [9.17, 15) is 33.4 Å². The average molecular weight is 603 g/mol. The highest BCUT2D eigenvalue weighted by molar-refractivity contribution is 8.45. The van der Waals surface area contributed by atoms with Crippen LogP contribution in [0.4, 0.5) is 29.5 Å². The molecule has 222 valence electrons. The number of carbonyl (C=O) groups excluding carboxylic acids is 2. The van der Waals surface area contributed by atoms with Gasteiger partial charge in [-0.05, 0) is 60.9 Å². The van der Waals surface area contributed by atoms with Crippen molar-refractivity contribution in [3.05, 3.63) is 90.0 Å². The second-order valence-electron chi connectivity index (χ2n) is 9.59. The summed E-state index contributed by atoms with van der Waals surface area (Å²) >= 11 is 0. The van der Waals surface area contributed by atoms with Crippen molar-refractivity contribution in [3.8, 4) is 0 Å². The summed E-state index contributed by atoms with van der Waals surface area (Å²) in [6, 6.07) is 8.32. The third-order valence-corrected chi connectivity index (χ3v) is 7.79. The van der Waals surface area contributed by atoms with E-state index in [4.69, 9.17) is 4.74 Å². The predicted molar refractivity (Wildman–Crippen MR) is 143 cm³/mol. The van der Waals surface area contributed by atoms with Crippen molar-refractivity contribution in [1.29, 1.82) is 0 Å². The summed E-state index contributed by atoms with van der Waals surface area (Å²) in [7, 11) is -8.53. The van der Waals surface area contributed by atoms with Crippen LogP contribution in [-0.4, -0.2) is 49.1 Å². The molecule has 2 amide bonds. The molecule has 2 N–H and O–H groups in total. The number of anilines is 1. The van der Waals surface area contributed by atoms with Crippen LogP contribution < -0.4 is 15.5 Å². The summed E-state index contributed by atoms with van der Waals surface area (Å²) in [5.74, 6) is -1.84. The summed E-state index contributed by atoms with van der Waals surface area (Å²) in [6.45, 7) is 0.346. The topological polar surface area (TPSA) is 83.6 Å². The van der Waals surface area contributed by atoms with Crippen LogP contribution >= 0.6 is 10.2 Å². The van der Waals surface area contributed by atoms with E-state index in [0.29, 0.717) is 12.1 Å². The number of rotatable bonds is 10. The monoisotopic (exact) mass is 602 g/mol. The minimum absolute atomic E-state index is 0.0393. The summed E-state index contributed by atoms with van der Waals surface area (Å²) in [5, 5.41) is 5.67. The predicted octanol–water partition coefficient (Wildman–Crippen LogP) is 5.69. The van der Waals surface area contributed by atoms with Crippen molar-refractivity contribution in [2.24, 2.45) is 0 Å². The number of hydrogen-bond donors (Lipinski definition) is 2. The molecule has 0 bridgehead atoms. The van der Waals surface area contributed by atoms with E-state index >= 15 is 0 Å². The summed E-state index contributed by atoms with van der Waals surface area (Å²) in [6.07, 6.45) is 2.87. The first-order valence-electron chi connectivity index (χ1n) is 12.5. The molecule has 3 aromatic rings. The van der Waals surface area contributed by atoms with Gasteiger partial charge in [0.05, 0.1) is 12.1 Å².